The maximum atomic E-state index is 12.2. The van der Waals surface area contributed by atoms with Gasteiger partial charge in [0.2, 0.25) is 5.91 Å². The number of fused-ring (bicyclic) bond motifs is 1. The Balaban J connectivity index is 1.70. The third kappa shape index (κ3) is 3.10. The molecule has 6 heteroatoms. The topological polar surface area (TPSA) is 77.2 Å². The van der Waals surface area contributed by atoms with Crippen LogP contribution in [-0.4, -0.2) is 23.2 Å². The van der Waals surface area contributed by atoms with Crippen LogP contribution in [-0.2, 0) is 11.2 Å². The molecule has 0 saturated heterocycles. The van der Waals surface area contributed by atoms with Gasteiger partial charge in [0.05, 0.1) is 7.11 Å². The number of hydrogen-bond acceptors (Lipinski definition) is 5. The molecule has 1 N–H and O–H groups in total. The lowest BCUT2D eigenvalue weighted by molar-refractivity contribution is -0.116. The Morgan fingerprint density at radius 3 is 3.09 bits per heavy atom. The summed E-state index contributed by atoms with van der Waals surface area (Å²) in [6, 6.07) is 6.26. The number of amides is 1. The van der Waals surface area contributed by atoms with Crippen molar-refractivity contribution < 1.29 is 14.1 Å². The Bertz CT molecular complexity index is 681. The van der Waals surface area contributed by atoms with E-state index in [9.17, 15) is 4.79 Å². The van der Waals surface area contributed by atoms with Crippen molar-refractivity contribution in [3.05, 3.63) is 35.2 Å². The van der Waals surface area contributed by atoms with Crippen molar-refractivity contribution in [2.24, 2.45) is 0 Å². The lowest BCUT2D eigenvalue weighted by atomic mass is 9.81. The molecule has 22 heavy (non-hydrogen) atoms. The molecular formula is C16H19N3O3. The van der Waals surface area contributed by atoms with Crippen LogP contribution < -0.4 is 10.1 Å². The summed E-state index contributed by atoms with van der Waals surface area (Å²) in [7, 11) is 1.67. The Hall–Kier alpha value is -2.37. The lowest BCUT2D eigenvalue weighted by Gasteiger charge is -2.25. The van der Waals surface area contributed by atoms with Crippen molar-refractivity contribution in [2.45, 2.75) is 38.5 Å². The van der Waals surface area contributed by atoms with Crippen LogP contribution in [0.25, 0.3) is 0 Å². The molecule has 1 atom stereocenters. The number of nitrogens with zero attached hydrogens (tertiary/aromatic N) is 2. The average Bonchev–Trinajstić information content (AvgIpc) is 2.92. The first kappa shape index (κ1) is 14.6. The smallest absolute Gasteiger partial charge is 0.328 e. The van der Waals surface area contributed by atoms with Gasteiger partial charge in [-0.15, -0.1) is 0 Å². The monoisotopic (exact) mass is 301 g/mol. The second-order valence-corrected chi connectivity index (χ2v) is 5.55. The minimum atomic E-state index is -0.0997. The number of aryl methyl sites for hydroxylation is 2. The Morgan fingerprint density at radius 1 is 1.50 bits per heavy atom. The van der Waals surface area contributed by atoms with Crippen LogP contribution in [0, 0.1) is 6.92 Å². The Labute approximate surface area is 128 Å². The van der Waals surface area contributed by atoms with Crippen LogP contribution in [0.15, 0.2) is 22.7 Å². The predicted octanol–water partition coefficient (Wildman–Crippen LogP) is 2.84. The Morgan fingerprint density at radius 2 is 2.36 bits per heavy atom. The van der Waals surface area contributed by atoms with E-state index in [1.165, 1.54) is 11.1 Å². The molecule has 0 saturated carbocycles. The minimum absolute atomic E-state index is 0.0997. The summed E-state index contributed by atoms with van der Waals surface area (Å²) in [5, 5.41) is 6.32. The largest absolute Gasteiger partial charge is 0.497 e. The molecule has 1 aromatic heterocycles. The van der Waals surface area contributed by atoms with Crippen molar-refractivity contribution in [3.63, 3.8) is 0 Å². The minimum Gasteiger partial charge on any atom is -0.497 e. The number of aromatic nitrogens is 2. The summed E-state index contributed by atoms with van der Waals surface area (Å²) in [6.45, 7) is 1.71. The van der Waals surface area contributed by atoms with Gasteiger partial charge >= 0.3 is 6.01 Å². The summed E-state index contributed by atoms with van der Waals surface area (Å²) in [6.07, 6.45) is 3.54. The average molecular weight is 301 g/mol. The van der Waals surface area contributed by atoms with E-state index in [1.54, 1.807) is 14.0 Å². The number of anilines is 1. The molecule has 2 aromatic rings. The first-order valence-electron chi connectivity index (χ1n) is 7.42. The number of ether oxygens (including phenoxy) is 1. The van der Waals surface area contributed by atoms with Crippen LogP contribution in [0.4, 0.5) is 6.01 Å². The fourth-order valence-electron chi connectivity index (χ4n) is 2.97. The summed E-state index contributed by atoms with van der Waals surface area (Å²) in [4.78, 5) is 16.1. The third-order valence-electron chi connectivity index (χ3n) is 3.99. The van der Waals surface area contributed by atoms with E-state index < -0.39 is 0 Å². The maximum absolute atomic E-state index is 12.2. The first-order valence-corrected chi connectivity index (χ1v) is 7.42. The van der Waals surface area contributed by atoms with Crippen molar-refractivity contribution in [2.75, 3.05) is 12.4 Å². The van der Waals surface area contributed by atoms with Crippen molar-refractivity contribution >= 4 is 11.9 Å². The molecule has 1 aromatic carbocycles. The highest BCUT2D eigenvalue weighted by Gasteiger charge is 2.23. The highest BCUT2D eigenvalue weighted by atomic mass is 16.5. The molecule has 0 radical (unpaired) electrons. The zero-order chi connectivity index (χ0) is 15.5. The molecule has 0 spiro atoms. The molecule has 1 aliphatic carbocycles. The SMILES string of the molecule is COc1ccc2c(c1)CCC[C@H]2CC(=O)Nc1nc(C)no1. The van der Waals surface area contributed by atoms with Crippen LogP contribution in [0.2, 0.25) is 0 Å². The maximum Gasteiger partial charge on any atom is 0.328 e. The fourth-order valence-corrected chi connectivity index (χ4v) is 2.97. The zero-order valence-corrected chi connectivity index (χ0v) is 12.8. The fraction of sp³-hybridized carbons (Fsp3) is 0.438. The molecule has 1 heterocycles. The van der Waals surface area contributed by atoms with E-state index in [2.05, 4.69) is 27.6 Å². The molecule has 0 bridgehead atoms. The summed E-state index contributed by atoms with van der Waals surface area (Å²) < 4.78 is 10.2. The zero-order valence-electron chi connectivity index (χ0n) is 12.8. The third-order valence-corrected chi connectivity index (χ3v) is 3.99. The van der Waals surface area contributed by atoms with Crippen molar-refractivity contribution in [3.8, 4) is 5.75 Å². The molecule has 0 unspecified atom stereocenters. The number of rotatable bonds is 4. The van der Waals surface area contributed by atoms with Crippen LogP contribution >= 0.6 is 0 Å². The molecular weight excluding hydrogens is 282 g/mol. The number of methoxy groups -OCH3 is 1. The number of nitrogens with one attached hydrogen (secondary N) is 1. The highest BCUT2D eigenvalue weighted by Crippen LogP contribution is 2.35. The van der Waals surface area contributed by atoms with Gasteiger partial charge in [-0.1, -0.05) is 11.2 Å². The quantitative estimate of drug-likeness (QED) is 0.939. The van der Waals surface area contributed by atoms with Gasteiger partial charge in [-0.2, -0.15) is 4.98 Å². The van der Waals surface area contributed by atoms with Gasteiger partial charge < -0.3 is 9.26 Å². The van der Waals surface area contributed by atoms with Gasteiger partial charge in [0.1, 0.15) is 5.75 Å². The van der Waals surface area contributed by atoms with Gasteiger partial charge in [0, 0.05) is 6.42 Å². The van der Waals surface area contributed by atoms with E-state index in [0.717, 1.165) is 25.0 Å². The second kappa shape index (κ2) is 6.17. The van der Waals surface area contributed by atoms with Gasteiger partial charge in [0.15, 0.2) is 5.82 Å². The van der Waals surface area contributed by atoms with Gasteiger partial charge in [-0.25, -0.2) is 0 Å². The predicted molar refractivity (Wildman–Crippen MR) is 81.0 cm³/mol. The molecule has 0 aliphatic heterocycles. The van der Waals surface area contributed by atoms with Gasteiger partial charge in [-0.3, -0.25) is 10.1 Å². The number of carbonyl (C=O) groups is 1. The van der Waals surface area contributed by atoms with E-state index in [1.807, 2.05) is 6.07 Å². The number of hydrogen-bond donors (Lipinski definition) is 1. The highest BCUT2D eigenvalue weighted by molar-refractivity contribution is 5.89. The van der Waals surface area contributed by atoms with Gasteiger partial charge in [-0.05, 0) is 55.4 Å². The molecule has 3 rings (SSSR count). The standard InChI is InChI=1S/C16H19N3O3/c1-10-17-16(22-19-10)18-15(20)9-12-5-3-4-11-8-13(21-2)6-7-14(11)12/h6-8,12H,3-5,9H2,1-2H3,(H,17,18,19,20)/t12-/m0/s1. The lowest BCUT2D eigenvalue weighted by Crippen LogP contribution is -2.19. The van der Waals surface area contributed by atoms with E-state index >= 15 is 0 Å². The number of carbonyl (C=O) groups excluding carboxylic acids is 1. The van der Waals surface area contributed by atoms with Crippen LogP contribution in [0.3, 0.4) is 0 Å². The molecule has 0 fully saturated rings. The second-order valence-electron chi connectivity index (χ2n) is 5.55. The van der Waals surface area contributed by atoms with E-state index in [-0.39, 0.29) is 17.8 Å². The first-order chi connectivity index (χ1) is 10.7. The van der Waals surface area contributed by atoms with E-state index in [0.29, 0.717) is 12.2 Å². The van der Waals surface area contributed by atoms with Crippen molar-refractivity contribution in [1.29, 1.82) is 0 Å². The Kier molecular flexibility index (Phi) is 4.09. The molecule has 1 aliphatic rings. The summed E-state index contributed by atoms with van der Waals surface area (Å²) in [5.74, 6) is 1.49. The van der Waals surface area contributed by atoms with Crippen LogP contribution in [0.1, 0.15) is 42.1 Å². The molecule has 116 valence electrons. The van der Waals surface area contributed by atoms with Gasteiger partial charge in [0.25, 0.3) is 0 Å². The summed E-state index contributed by atoms with van der Waals surface area (Å²) in [5.41, 5.74) is 2.51. The van der Waals surface area contributed by atoms with Crippen LogP contribution in [0.5, 0.6) is 5.75 Å². The summed E-state index contributed by atoms with van der Waals surface area (Å²) >= 11 is 0. The van der Waals surface area contributed by atoms with Crippen molar-refractivity contribution in [1.82, 2.24) is 10.1 Å². The molecule has 6 nitrogen and oxygen atoms in total. The molecule has 1 amide bonds. The normalized spacial score (nSPS) is 16.9. The van der Waals surface area contributed by atoms with E-state index in [4.69, 9.17) is 9.26 Å². The number of benzene rings is 1.